The summed E-state index contributed by atoms with van der Waals surface area (Å²) < 4.78 is 10.9. The molecule has 1 aromatic carbocycles. The first kappa shape index (κ1) is 17.6. The van der Waals surface area contributed by atoms with Crippen molar-refractivity contribution < 1.29 is 18.7 Å². The molecule has 0 atom stereocenters. The third-order valence-corrected chi connectivity index (χ3v) is 3.57. The zero-order valence-electron chi connectivity index (χ0n) is 13.3. The molecule has 0 unspecified atom stereocenters. The second-order valence-corrected chi connectivity index (χ2v) is 5.95. The number of aromatic nitrogens is 1. The van der Waals surface area contributed by atoms with Gasteiger partial charge in [0.05, 0.1) is 18.0 Å². The van der Waals surface area contributed by atoms with Crippen LogP contribution in [0.5, 0.6) is 5.75 Å². The summed E-state index contributed by atoms with van der Waals surface area (Å²) in [5, 5.41) is 3.89. The van der Waals surface area contributed by atoms with Crippen LogP contribution in [0, 0.1) is 0 Å². The summed E-state index contributed by atoms with van der Waals surface area (Å²) in [7, 11) is 0. The van der Waals surface area contributed by atoms with Crippen LogP contribution >= 0.6 is 15.9 Å². The molecule has 8 heteroatoms. The highest BCUT2D eigenvalue weighted by Crippen LogP contribution is 2.14. The van der Waals surface area contributed by atoms with Crippen LogP contribution in [0.25, 0.3) is 0 Å². The van der Waals surface area contributed by atoms with Crippen LogP contribution in [0.4, 0.5) is 0 Å². The minimum atomic E-state index is -0.598. The molecule has 0 saturated carbocycles. The van der Waals surface area contributed by atoms with E-state index in [1.807, 2.05) is 0 Å². The van der Waals surface area contributed by atoms with E-state index in [0.29, 0.717) is 21.3 Å². The number of carbonyl (C=O) groups excluding carboxylic acids is 2. The van der Waals surface area contributed by atoms with E-state index in [2.05, 4.69) is 31.4 Å². The maximum Gasteiger partial charge on any atom is 0.379 e. The van der Waals surface area contributed by atoms with Gasteiger partial charge in [-0.1, -0.05) is 12.1 Å². The molecule has 3 rings (SSSR count). The van der Waals surface area contributed by atoms with Crippen LogP contribution < -0.4 is 10.2 Å². The van der Waals surface area contributed by atoms with E-state index >= 15 is 0 Å². The first-order chi connectivity index (χ1) is 12.6. The fourth-order valence-electron chi connectivity index (χ4n) is 1.98. The van der Waals surface area contributed by atoms with Gasteiger partial charge in [0.15, 0.2) is 0 Å². The van der Waals surface area contributed by atoms with E-state index in [0.717, 1.165) is 0 Å². The molecule has 0 aliphatic rings. The van der Waals surface area contributed by atoms with Gasteiger partial charge in [-0.15, -0.1) is 0 Å². The largest absolute Gasteiger partial charge is 0.457 e. The zero-order chi connectivity index (χ0) is 18.4. The monoisotopic (exact) mass is 413 g/mol. The van der Waals surface area contributed by atoms with Gasteiger partial charge in [0.2, 0.25) is 5.76 Å². The molecule has 130 valence electrons. The topological polar surface area (TPSA) is 93.8 Å². The first-order valence-electron chi connectivity index (χ1n) is 7.41. The Balaban J connectivity index is 1.62. The molecule has 26 heavy (non-hydrogen) atoms. The van der Waals surface area contributed by atoms with Gasteiger partial charge in [-0.25, -0.2) is 10.2 Å². The summed E-state index contributed by atoms with van der Waals surface area (Å²) in [6.45, 7) is 0. The van der Waals surface area contributed by atoms with Gasteiger partial charge >= 0.3 is 5.97 Å². The van der Waals surface area contributed by atoms with Crippen molar-refractivity contribution in [3.8, 4) is 5.75 Å². The van der Waals surface area contributed by atoms with Gasteiger partial charge < -0.3 is 9.15 Å². The van der Waals surface area contributed by atoms with E-state index < -0.39 is 11.9 Å². The van der Waals surface area contributed by atoms with E-state index in [-0.39, 0.29) is 5.76 Å². The molecule has 0 aliphatic heterocycles. The maximum absolute atomic E-state index is 12.0. The number of ether oxygens (including phenoxy) is 1. The zero-order valence-corrected chi connectivity index (χ0v) is 14.8. The number of hydrazone groups is 1. The van der Waals surface area contributed by atoms with Crippen LogP contribution in [-0.4, -0.2) is 23.1 Å². The number of pyridine rings is 1. The Bertz CT molecular complexity index is 955. The molecule has 0 aliphatic carbocycles. The molecule has 7 nitrogen and oxygen atoms in total. The molecule has 0 spiro atoms. The molecule has 1 amide bonds. The second kappa shape index (κ2) is 8.21. The highest BCUT2D eigenvalue weighted by Gasteiger charge is 2.11. The number of carbonyl (C=O) groups is 2. The number of halogens is 1. The number of nitrogens with zero attached hydrogens (tertiary/aromatic N) is 2. The summed E-state index contributed by atoms with van der Waals surface area (Å²) >= 11 is 3.25. The normalized spacial score (nSPS) is 10.7. The Kier molecular flexibility index (Phi) is 5.55. The van der Waals surface area contributed by atoms with E-state index in [1.54, 1.807) is 42.6 Å². The number of hydrogen-bond donors (Lipinski definition) is 1. The Morgan fingerprint density at radius 3 is 2.85 bits per heavy atom. The minimum absolute atomic E-state index is 0.110. The van der Waals surface area contributed by atoms with Crippen LogP contribution in [0.15, 0.2) is 75.1 Å². The van der Waals surface area contributed by atoms with Crippen LogP contribution in [0.3, 0.4) is 0 Å². The van der Waals surface area contributed by atoms with Crippen molar-refractivity contribution in [2.45, 2.75) is 0 Å². The number of nitrogens with one attached hydrogen (secondary N) is 1. The fraction of sp³-hybridized carbons (Fsp3) is 0. The van der Waals surface area contributed by atoms with Crippen molar-refractivity contribution in [2.24, 2.45) is 5.10 Å². The van der Waals surface area contributed by atoms with Crippen molar-refractivity contribution in [3.63, 3.8) is 0 Å². The van der Waals surface area contributed by atoms with Crippen molar-refractivity contribution in [2.75, 3.05) is 0 Å². The van der Waals surface area contributed by atoms with Gasteiger partial charge in [0.1, 0.15) is 5.75 Å². The Labute approximate surface area is 156 Å². The van der Waals surface area contributed by atoms with Crippen molar-refractivity contribution in [3.05, 3.63) is 82.5 Å². The smallest absolute Gasteiger partial charge is 0.379 e. The molecule has 0 fully saturated rings. The minimum Gasteiger partial charge on any atom is -0.457 e. The van der Waals surface area contributed by atoms with Gasteiger partial charge in [-0.3, -0.25) is 9.78 Å². The van der Waals surface area contributed by atoms with E-state index in [9.17, 15) is 9.59 Å². The summed E-state index contributed by atoms with van der Waals surface area (Å²) in [6, 6.07) is 11.4. The Hall–Kier alpha value is -3.26. The average molecular weight is 414 g/mol. The summed E-state index contributed by atoms with van der Waals surface area (Å²) in [4.78, 5) is 27.7. The lowest BCUT2D eigenvalue weighted by Gasteiger charge is -2.03. The fourth-order valence-corrected chi connectivity index (χ4v) is 2.34. The standard InChI is InChI=1S/C18H12BrN3O4/c19-14-8-13(10-20-11-14)17(23)22-21-9-12-3-1-4-15(7-12)26-18(24)16-5-2-6-25-16/h1-11H,(H,22,23)/b21-9-. The molecule has 0 saturated heterocycles. The van der Waals surface area contributed by atoms with Crippen molar-refractivity contribution in [1.82, 2.24) is 10.4 Å². The first-order valence-corrected chi connectivity index (χ1v) is 8.21. The average Bonchev–Trinajstić information content (AvgIpc) is 3.17. The van der Waals surface area contributed by atoms with Crippen LogP contribution in [0.1, 0.15) is 26.5 Å². The number of amides is 1. The van der Waals surface area contributed by atoms with E-state index in [4.69, 9.17) is 9.15 Å². The summed E-state index contributed by atoms with van der Waals surface area (Å²) in [5.74, 6) is -0.549. The van der Waals surface area contributed by atoms with Gasteiger partial charge in [0, 0.05) is 16.9 Å². The van der Waals surface area contributed by atoms with Gasteiger partial charge in [-0.2, -0.15) is 5.10 Å². The number of furan rings is 1. The Morgan fingerprint density at radius 2 is 2.08 bits per heavy atom. The third kappa shape index (κ3) is 4.64. The number of esters is 1. The molecule has 2 aromatic heterocycles. The second-order valence-electron chi connectivity index (χ2n) is 5.03. The highest BCUT2D eigenvalue weighted by atomic mass is 79.9. The molecular formula is C18H12BrN3O4. The number of hydrogen-bond acceptors (Lipinski definition) is 6. The lowest BCUT2D eigenvalue weighted by atomic mass is 10.2. The van der Waals surface area contributed by atoms with Gasteiger partial charge in [-0.05, 0) is 51.8 Å². The lowest BCUT2D eigenvalue weighted by Crippen LogP contribution is -2.17. The van der Waals surface area contributed by atoms with E-state index in [1.165, 1.54) is 24.7 Å². The Morgan fingerprint density at radius 1 is 1.19 bits per heavy atom. The van der Waals surface area contributed by atoms with Crippen LogP contribution in [-0.2, 0) is 0 Å². The molecule has 3 aromatic rings. The predicted molar refractivity (Wildman–Crippen MR) is 97.1 cm³/mol. The number of benzene rings is 1. The van der Waals surface area contributed by atoms with Crippen LogP contribution in [0.2, 0.25) is 0 Å². The quantitative estimate of drug-likeness (QED) is 0.299. The maximum atomic E-state index is 12.0. The third-order valence-electron chi connectivity index (χ3n) is 3.14. The highest BCUT2D eigenvalue weighted by molar-refractivity contribution is 9.10. The van der Waals surface area contributed by atoms with Crippen molar-refractivity contribution >= 4 is 34.0 Å². The van der Waals surface area contributed by atoms with Gasteiger partial charge in [0.25, 0.3) is 5.91 Å². The molecule has 0 radical (unpaired) electrons. The molecule has 2 heterocycles. The molecular weight excluding hydrogens is 402 g/mol. The summed E-state index contributed by atoms with van der Waals surface area (Å²) in [5.41, 5.74) is 3.42. The molecule has 1 N–H and O–H groups in total. The SMILES string of the molecule is O=C(N/N=C\c1cccc(OC(=O)c2ccco2)c1)c1cncc(Br)c1. The molecule has 0 bridgehead atoms. The summed E-state index contributed by atoms with van der Waals surface area (Å²) in [6.07, 6.45) is 5.84. The lowest BCUT2D eigenvalue weighted by molar-refractivity contribution is 0.0701. The van der Waals surface area contributed by atoms with Crippen molar-refractivity contribution in [1.29, 1.82) is 0 Å². The predicted octanol–water partition coefficient (Wildman–Crippen LogP) is 3.42. The number of rotatable bonds is 5.